The van der Waals surface area contributed by atoms with Gasteiger partial charge in [-0.15, -0.1) is 0 Å². The third kappa shape index (κ3) is 1.75. The first-order chi connectivity index (χ1) is 6.16. The highest BCUT2D eigenvalue weighted by Gasteiger charge is 2.54. The second-order valence-corrected chi connectivity index (χ2v) is 5.06. The summed E-state index contributed by atoms with van der Waals surface area (Å²) in [5, 5.41) is 3.72. The van der Waals surface area contributed by atoms with Crippen molar-refractivity contribution in [3.05, 3.63) is 0 Å². The Morgan fingerprint density at radius 3 is 2.62 bits per heavy atom. The van der Waals surface area contributed by atoms with Crippen LogP contribution < -0.4 is 5.32 Å². The Hall–Kier alpha value is -0.0800. The molecule has 0 aromatic carbocycles. The van der Waals surface area contributed by atoms with Gasteiger partial charge in [0.15, 0.2) is 0 Å². The van der Waals surface area contributed by atoms with E-state index in [9.17, 15) is 0 Å². The molecule has 1 saturated carbocycles. The minimum absolute atomic E-state index is 0.638. The summed E-state index contributed by atoms with van der Waals surface area (Å²) in [6.45, 7) is 10.6. The lowest BCUT2D eigenvalue weighted by atomic mass is 10.0. The maximum atomic E-state index is 3.72. The van der Waals surface area contributed by atoms with Crippen molar-refractivity contribution in [3.63, 3.8) is 0 Å². The van der Waals surface area contributed by atoms with Gasteiger partial charge in [-0.25, -0.2) is 0 Å². The van der Waals surface area contributed by atoms with E-state index < -0.39 is 0 Å². The number of likely N-dealkylation sites (N-methyl/N-ethyl adjacent to an activating group) is 1. The van der Waals surface area contributed by atoms with Crippen LogP contribution in [-0.4, -0.2) is 36.6 Å². The van der Waals surface area contributed by atoms with Crippen LogP contribution >= 0.6 is 0 Å². The molecular weight excluding hydrogens is 160 g/mol. The van der Waals surface area contributed by atoms with Gasteiger partial charge >= 0.3 is 0 Å². The van der Waals surface area contributed by atoms with Crippen molar-refractivity contribution in [2.75, 3.05) is 19.6 Å². The highest BCUT2D eigenvalue weighted by Crippen LogP contribution is 2.52. The van der Waals surface area contributed by atoms with E-state index in [1.807, 2.05) is 0 Å². The average Bonchev–Trinajstić information content (AvgIpc) is 2.73. The second kappa shape index (κ2) is 3.25. The quantitative estimate of drug-likeness (QED) is 0.711. The zero-order valence-corrected chi connectivity index (χ0v) is 9.14. The van der Waals surface area contributed by atoms with E-state index in [0.717, 1.165) is 6.04 Å². The molecule has 1 aliphatic carbocycles. The van der Waals surface area contributed by atoms with Crippen molar-refractivity contribution in [2.45, 2.75) is 45.7 Å². The summed E-state index contributed by atoms with van der Waals surface area (Å²) in [5.41, 5.74) is 0.681. The average molecular weight is 182 g/mol. The first-order valence-corrected chi connectivity index (χ1v) is 5.65. The molecule has 0 bridgehead atoms. The molecule has 0 aromatic rings. The molecule has 1 spiro atoms. The summed E-state index contributed by atoms with van der Waals surface area (Å²) in [6.07, 6.45) is 2.90. The Morgan fingerprint density at radius 1 is 1.46 bits per heavy atom. The van der Waals surface area contributed by atoms with Crippen LogP contribution in [0.1, 0.15) is 33.6 Å². The molecule has 0 radical (unpaired) electrons. The monoisotopic (exact) mass is 182 g/mol. The predicted molar refractivity (Wildman–Crippen MR) is 55.8 cm³/mol. The molecule has 1 saturated heterocycles. The van der Waals surface area contributed by atoms with Crippen LogP contribution in [0.4, 0.5) is 0 Å². The molecule has 1 N–H and O–H groups in total. The first kappa shape index (κ1) is 9.47. The van der Waals surface area contributed by atoms with Gasteiger partial charge in [-0.3, -0.25) is 0 Å². The number of likely N-dealkylation sites (tertiary alicyclic amines) is 1. The van der Waals surface area contributed by atoms with Crippen LogP contribution in [0.3, 0.4) is 0 Å². The molecule has 2 aliphatic rings. The molecular formula is C11H22N2. The van der Waals surface area contributed by atoms with Gasteiger partial charge in [0.2, 0.25) is 0 Å². The highest BCUT2D eigenvalue weighted by atomic mass is 15.2. The zero-order chi connectivity index (χ0) is 9.47. The maximum absolute atomic E-state index is 3.72. The SMILES string of the molecule is CCN1CC(NC(C)C)C2(CC2)C1. The van der Waals surface area contributed by atoms with Gasteiger partial charge in [0.25, 0.3) is 0 Å². The molecule has 0 amide bonds. The Kier molecular flexibility index (Phi) is 2.37. The predicted octanol–water partition coefficient (Wildman–Crippen LogP) is 1.47. The molecule has 2 fully saturated rings. The van der Waals surface area contributed by atoms with Crippen LogP contribution in [0.5, 0.6) is 0 Å². The van der Waals surface area contributed by atoms with Crippen LogP contribution in [0.15, 0.2) is 0 Å². The molecule has 76 valence electrons. The van der Waals surface area contributed by atoms with E-state index in [1.54, 1.807) is 0 Å². The molecule has 2 nitrogen and oxygen atoms in total. The Labute approximate surface area is 81.7 Å². The molecule has 1 heterocycles. The molecule has 1 aliphatic heterocycles. The van der Waals surface area contributed by atoms with E-state index in [4.69, 9.17) is 0 Å². The Morgan fingerprint density at radius 2 is 2.15 bits per heavy atom. The maximum Gasteiger partial charge on any atom is 0.0265 e. The summed E-state index contributed by atoms with van der Waals surface area (Å²) in [5.74, 6) is 0. The smallest absolute Gasteiger partial charge is 0.0265 e. The fraction of sp³-hybridized carbons (Fsp3) is 1.00. The molecule has 13 heavy (non-hydrogen) atoms. The van der Waals surface area contributed by atoms with Gasteiger partial charge in [0, 0.05) is 25.2 Å². The fourth-order valence-corrected chi connectivity index (χ4v) is 2.61. The van der Waals surface area contributed by atoms with E-state index in [0.29, 0.717) is 11.5 Å². The van der Waals surface area contributed by atoms with Crippen LogP contribution in [-0.2, 0) is 0 Å². The summed E-state index contributed by atoms with van der Waals surface area (Å²) >= 11 is 0. The highest BCUT2D eigenvalue weighted by molar-refractivity contribution is 5.09. The molecule has 1 unspecified atom stereocenters. The third-order valence-corrected chi connectivity index (χ3v) is 3.59. The summed E-state index contributed by atoms with van der Waals surface area (Å²) in [7, 11) is 0. The topological polar surface area (TPSA) is 15.3 Å². The van der Waals surface area contributed by atoms with Crippen molar-refractivity contribution >= 4 is 0 Å². The van der Waals surface area contributed by atoms with Crippen LogP contribution in [0.2, 0.25) is 0 Å². The number of hydrogen-bond donors (Lipinski definition) is 1. The van der Waals surface area contributed by atoms with Crippen molar-refractivity contribution in [1.82, 2.24) is 10.2 Å². The van der Waals surface area contributed by atoms with Crippen molar-refractivity contribution in [1.29, 1.82) is 0 Å². The summed E-state index contributed by atoms with van der Waals surface area (Å²) in [4.78, 5) is 2.59. The fourth-order valence-electron chi connectivity index (χ4n) is 2.61. The largest absolute Gasteiger partial charge is 0.310 e. The lowest BCUT2D eigenvalue weighted by Crippen LogP contribution is -2.41. The van der Waals surface area contributed by atoms with E-state index in [-0.39, 0.29) is 0 Å². The Balaban J connectivity index is 1.95. The van der Waals surface area contributed by atoms with Crippen molar-refractivity contribution in [3.8, 4) is 0 Å². The van der Waals surface area contributed by atoms with Gasteiger partial charge < -0.3 is 10.2 Å². The van der Waals surface area contributed by atoms with Gasteiger partial charge in [-0.2, -0.15) is 0 Å². The lowest BCUT2D eigenvalue weighted by Gasteiger charge is -2.21. The summed E-state index contributed by atoms with van der Waals surface area (Å²) in [6, 6.07) is 1.41. The van der Waals surface area contributed by atoms with E-state index >= 15 is 0 Å². The second-order valence-electron chi connectivity index (χ2n) is 5.06. The number of rotatable bonds is 3. The Bertz CT molecular complexity index is 185. The number of nitrogens with one attached hydrogen (secondary N) is 1. The minimum atomic E-state index is 0.638. The number of nitrogens with zero attached hydrogens (tertiary/aromatic N) is 1. The standard InChI is InChI=1S/C11H22N2/c1-4-13-7-10(12-9(2)3)11(8-13)5-6-11/h9-10,12H,4-8H2,1-3H3. The molecule has 0 aromatic heterocycles. The zero-order valence-electron chi connectivity index (χ0n) is 9.14. The summed E-state index contributed by atoms with van der Waals surface area (Å²) < 4.78 is 0. The molecule has 2 heteroatoms. The molecule has 2 rings (SSSR count). The lowest BCUT2D eigenvalue weighted by molar-refractivity contribution is 0.336. The minimum Gasteiger partial charge on any atom is -0.310 e. The van der Waals surface area contributed by atoms with Crippen molar-refractivity contribution < 1.29 is 0 Å². The van der Waals surface area contributed by atoms with Gasteiger partial charge in [0.1, 0.15) is 0 Å². The normalized spacial score (nSPS) is 31.8. The third-order valence-electron chi connectivity index (χ3n) is 3.59. The van der Waals surface area contributed by atoms with Gasteiger partial charge in [0.05, 0.1) is 0 Å². The van der Waals surface area contributed by atoms with Gasteiger partial charge in [-0.1, -0.05) is 20.8 Å². The molecule has 1 atom stereocenters. The van der Waals surface area contributed by atoms with Crippen LogP contribution in [0, 0.1) is 5.41 Å². The first-order valence-electron chi connectivity index (χ1n) is 5.65. The van der Waals surface area contributed by atoms with Gasteiger partial charge in [-0.05, 0) is 24.8 Å². The number of hydrogen-bond acceptors (Lipinski definition) is 2. The van der Waals surface area contributed by atoms with Crippen LogP contribution in [0.25, 0.3) is 0 Å². The van der Waals surface area contributed by atoms with Crippen molar-refractivity contribution in [2.24, 2.45) is 5.41 Å². The van der Waals surface area contributed by atoms with E-state index in [1.165, 1.54) is 32.5 Å². The van der Waals surface area contributed by atoms with E-state index in [2.05, 4.69) is 31.0 Å².